The van der Waals surface area contributed by atoms with Crippen molar-refractivity contribution in [2.24, 2.45) is 5.92 Å². The van der Waals surface area contributed by atoms with E-state index in [-0.39, 0.29) is 0 Å². The molecule has 2 fully saturated rings. The Kier molecular flexibility index (Phi) is 6.23. The average molecular weight is 557 g/mol. The smallest absolute Gasteiger partial charge is 0.341 e. The van der Waals surface area contributed by atoms with Gasteiger partial charge in [-0.05, 0) is 61.1 Å². The quantitative estimate of drug-likeness (QED) is 0.300. The van der Waals surface area contributed by atoms with Crippen molar-refractivity contribution in [1.29, 1.82) is 0 Å². The third-order valence-electron chi connectivity index (χ3n) is 7.15. The Balaban J connectivity index is 1.47. The maximum absolute atomic E-state index is 14.1. The van der Waals surface area contributed by atoms with Crippen LogP contribution in [0.15, 0.2) is 48.5 Å². The predicted octanol–water partition coefficient (Wildman–Crippen LogP) is 5.77. The number of halogens is 2. The minimum atomic E-state index is -1.07. The van der Waals surface area contributed by atoms with Crippen molar-refractivity contribution in [3.63, 3.8) is 0 Å². The predicted molar refractivity (Wildman–Crippen MR) is 141 cm³/mol. The topological polar surface area (TPSA) is 76.2 Å². The molecular weight excluding hydrogens is 535 g/mol. The number of amides is 2. The largest absolute Gasteiger partial charge is 0.465 e. The number of benzene rings is 2. The Morgan fingerprint density at radius 3 is 2.54 bits per heavy atom. The number of imide groups is 1. The van der Waals surface area contributed by atoms with E-state index in [4.69, 9.17) is 32.8 Å². The van der Waals surface area contributed by atoms with Crippen molar-refractivity contribution >= 4 is 63.0 Å². The van der Waals surface area contributed by atoms with Crippen LogP contribution in [0.1, 0.15) is 45.2 Å². The number of para-hydroxylation sites is 1. The lowest BCUT2D eigenvalue weighted by Gasteiger charge is -2.29. The fraction of sp³-hybridized carbons (Fsp3) is 0.296. The first-order valence-electron chi connectivity index (χ1n) is 12.0. The second kappa shape index (κ2) is 9.44. The lowest BCUT2D eigenvalue weighted by molar-refractivity contribution is -0.126. The molecule has 0 spiro atoms. The molecule has 3 atom stereocenters. The molecule has 0 saturated carbocycles. The molecule has 1 aromatic heterocycles. The SMILES string of the molecule is COC(=O)c1c(N2C(=O)[C@@H]3[C@@H](c4ccc(Cl)cc4Cl)N(c4ccccc4)O[C@H]3C2=O)sc2c1CCCC2. The first-order valence-corrected chi connectivity index (χ1v) is 13.5. The maximum atomic E-state index is 14.1. The van der Waals surface area contributed by atoms with Gasteiger partial charge in [-0.15, -0.1) is 11.3 Å². The minimum Gasteiger partial charge on any atom is -0.465 e. The zero-order valence-corrected chi connectivity index (χ0v) is 22.1. The Hall–Kier alpha value is -2.91. The van der Waals surface area contributed by atoms with Gasteiger partial charge in [-0.3, -0.25) is 14.4 Å². The van der Waals surface area contributed by atoms with E-state index in [1.54, 1.807) is 23.3 Å². The van der Waals surface area contributed by atoms with Gasteiger partial charge in [0.15, 0.2) is 6.10 Å². The standard InChI is InChI=1S/C27H22Cl2N2O5S/c1-35-27(34)20-17-9-5-6-10-19(17)37-26(20)30-24(32)21-22(16-12-11-14(28)13-18(16)29)31(36-23(21)25(30)33)15-7-3-2-4-8-15/h2-4,7-8,11-13,21-23H,5-6,9-10H2,1H3/t21-,22-,23-/m1/s1. The van der Waals surface area contributed by atoms with Crippen molar-refractivity contribution in [3.05, 3.63) is 80.1 Å². The maximum Gasteiger partial charge on any atom is 0.341 e. The van der Waals surface area contributed by atoms with Crippen molar-refractivity contribution in [2.75, 3.05) is 17.1 Å². The van der Waals surface area contributed by atoms with E-state index in [0.717, 1.165) is 34.6 Å². The number of hydrogen-bond donors (Lipinski definition) is 0. The van der Waals surface area contributed by atoms with Crippen LogP contribution in [0.2, 0.25) is 10.0 Å². The van der Waals surface area contributed by atoms with Gasteiger partial charge >= 0.3 is 5.97 Å². The Labute approximate surface area is 227 Å². The first kappa shape index (κ1) is 24.4. The molecule has 2 aliphatic heterocycles. The van der Waals surface area contributed by atoms with E-state index in [2.05, 4.69) is 0 Å². The third-order valence-corrected chi connectivity index (χ3v) is 8.99. The van der Waals surface area contributed by atoms with Crippen LogP contribution in [-0.4, -0.2) is 31.0 Å². The van der Waals surface area contributed by atoms with Gasteiger partial charge in [-0.1, -0.05) is 47.5 Å². The van der Waals surface area contributed by atoms with Crippen LogP contribution in [0.25, 0.3) is 0 Å². The average Bonchev–Trinajstić information content (AvgIpc) is 3.54. The molecule has 3 aromatic rings. The lowest BCUT2D eigenvalue weighted by atomic mass is 9.90. The molecule has 0 bridgehead atoms. The van der Waals surface area contributed by atoms with E-state index in [9.17, 15) is 14.4 Å². The van der Waals surface area contributed by atoms with Gasteiger partial charge in [0.1, 0.15) is 10.9 Å². The first-order chi connectivity index (χ1) is 17.9. The molecule has 1 aliphatic carbocycles. The normalized spacial score (nSPS) is 22.8. The molecule has 2 saturated heterocycles. The van der Waals surface area contributed by atoms with Gasteiger partial charge in [0.2, 0.25) is 5.91 Å². The number of hydrogen-bond acceptors (Lipinski definition) is 7. The Morgan fingerprint density at radius 1 is 1.05 bits per heavy atom. The van der Waals surface area contributed by atoms with E-state index >= 15 is 0 Å². The zero-order chi connectivity index (χ0) is 25.8. The fourth-order valence-corrected chi connectivity index (χ4v) is 7.40. The number of nitrogens with zero attached hydrogens (tertiary/aromatic N) is 2. The van der Waals surface area contributed by atoms with Crippen LogP contribution >= 0.6 is 34.5 Å². The van der Waals surface area contributed by atoms with E-state index in [1.807, 2.05) is 30.3 Å². The van der Waals surface area contributed by atoms with Crippen LogP contribution in [0, 0.1) is 5.92 Å². The third kappa shape index (κ3) is 3.85. The van der Waals surface area contributed by atoms with Crippen molar-refractivity contribution in [3.8, 4) is 0 Å². The van der Waals surface area contributed by atoms with Crippen molar-refractivity contribution in [2.45, 2.75) is 37.8 Å². The van der Waals surface area contributed by atoms with Gasteiger partial charge in [0, 0.05) is 14.9 Å². The summed E-state index contributed by atoms with van der Waals surface area (Å²) in [6.45, 7) is 0. The number of ether oxygens (including phenoxy) is 1. The van der Waals surface area contributed by atoms with Crippen LogP contribution in [0.3, 0.4) is 0 Å². The van der Waals surface area contributed by atoms with Crippen LogP contribution in [0.5, 0.6) is 0 Å². The summed E-state index contributed by atoms with van der Waals surface area (Å²) in [4.78, 5) is 49.1. The summed E-state index contributed by atoms with van der Waals surface area (Å²) in [7, 11) is 1.31. The van der Waals surface area contributed by atoms with E-state index in [0.29, 0.717) is 38.3 Å². The van der Waals surface area contributed by atoms with Crippen LogP contribution in [-0.2, 0) is 32.0 Å². The van der Waals surface area contributed by atoms with Gasteiger partial charge in [0.05, 0.1) is 24.4 Å². The Bertz CT molecular complexity index is 1430. The van der Waals surface area contributed by atoms with Gasteiger partial charge < -0.3 is 4.74 Å². The van der Waals surface area contributed by atoms with Crippen LogP contribution < -0.4 is 9.96 Å². The number of esters is 1. The summed E-state index contributed by atoms with van der Waals surface area (Å²) in [5.41, 5.74) is 2.48. The van der Waals surface area contributed by atoms with E-state index < -0.39 is 35.8 Å². The lowest BCUT2D eigenvalue weighted by Crippen LogP contribution is -2.37. The summed E-state index contributed by atoms with van der Waals surface area (Å²) < 4.78 is 5.07. The molecule has 6 rings (SSSR count). The number of aryl methyl sites for hydroxylation is 1. The number of anilines is 2. The molecule has 37 heavy (non-hydrogen) atoms. The highest BCUT2D eigenvalue weighted by atomic mass is 35.5. The highest BCUT2D eigenvalue weighted by Gasteiger charge is 2.61. The number of fused-ring (bicyclic) bond motifs is 2. The molecule has 0 N–H and O–H groups in total. The highest BCUT2D eigenvalue weighted by molar-refractivity contribution is 7.17. The van der Waals surface area contributed by atoms with Gasteiger partial charge in [-0.2, -0.15) is 0 Å². The molecule has 3 heterocycles. The minimum absolute atomic E-state index is 0.310. The van der Waals surface area contributed by atoms with Crippen molar-refractivity contribution in [1.82, 2.24) is 0 Å². The molecular formula is C27H22Cl2N2O5S. The second-order valence-corrected chi connectivity index (χ2v) is 11.1. The molecule has 0 radical (unpaired) electrons. The summed E-state index contributed by atoms with van der Waals surface area (Å²) in [5, 5.41) is 2.72. The van der Waals surface area contributed by atoms with Gasteiger partial charge in [-0.25, -0.2) is 14.8 Å². The number of thiophene rings is 1. The monoisotopic (exact) mass is 556 g/mol. The van der Waals surface area contributed by atoms with Gasteiger partial charge in [0.25, 0.3) is 5.91 Å². The number of carbonyl (C=O) groups is 3. The molecule has 2 aromatic carbocycles. The molecule has 190 valence electrons. The molecule has 7 nitrogen and oxygen atoms in total. The van der Waals surface area contributed by atoms with Crippen LogP contribution in [0.4, 0.5) is 10.7 Å². The summed E-state index contributed by atoms with van der Waals surface area (Å²) in [5.74, 6) is -2.37. The Morgan fingerprint density at radius 2 is 1.81 bits per heavy atom. The molecule has 0 unspecified atom stereocenters. The summed E-state index contributed by atoms with van der Waals surface area (Å²) in [6.07, 6.45) is 2.36. The number of methoxy groups -OCH3 is 1. The molecule has 2 amide bonds. The van der Waals surface area contributed by atoms with Crippen molar-refractivity contribution < 1.29 is 24.0 Å². The fourth-order valence-electron chi connectivity index (χ4n) is 5.49. The molecule has 10 heteroatoms. The number of rotatable bonds is 4. The number of hydroxylamine groups is 1. The molecule has 3 aliphatic rings. The second-order valence-electron chi connectivity index (χ2n) is 9.22. The highest BCUT2D eigenvalue weighted by Crippen LogP contribution is 2.51. The summed E-state index contributed by atoms with van der Waals surface area (Å²) >= 11 is 14.1. The van der Waals surface area contributed by atoms with E-state index in [1.165, 1.54) is 18.4 Å². The zero-order valence-electron chi connectivity index (χ0n) is 19.8. The summed E-state index contributed by atoms with van der Waals surface area (Å²) in [6, 6.07) is 13.6. The number of carbonyl (C=O) groups excluding carboxylic acids is 3.